The zero-order chi connectivity index (χ0) is 15.3. The number of para-hydroxylation sites is 1. The molecule has 2 rings (SSSR count). The molecule has 0 saturated heterocycles. The van der Waals surface area contributed by atoms with Crippen LogP contribution in [0.2, 0.25) is 0 Å². The van der Waals surface area contributed by atoms with E-state index in [9.17, 15) is 13.2 Å². The Morgan fingerprint density at radius 2 is 1.95 bits per heavy atom. The van der Waals surface area contributed by atoms with Crippen LogP contribution in [0.5, 0.6) is 0 Å². The number of halogens is 3. The molecule has 0 radical (unpaired) electrons. The van der Waals surface area contributed by atoms with Crippen molar-refractivity contribution in [2.45, 2.75) is 32.0 Å². The molecule has 0 aliphatic rings. The second-order valence-electron chi connectivity index (χ2n) is 4.73. The molecule has 2 aromatic rings. The quantitative estimate of drug-likeness (QED) is 0.890. The Balaban J connectivity index is 2.30. The summed E-state index contributed by atoms with van der Waals surface area (Å²) in [4.78, 5) is 0. The van der Waals surface area contributed by atoms with Crippen molar-refractivity contribution in [2.24, 2.45) is 0 Å². The summed E-state index contributed by atoms with van der Waals surface area (Å²) < 4.78 is 39.8. The molecule has 1 unspecified atom stereocenters. The number of benzene rings is 1. The lowest BCUT2D eigenvalue weighted by molar-refractivity contribution is -0.140. The van der Waals surface area contributed by atoms with Gasteiger partial charge in [0.25, 0.3) is 0 Å². The van der Waals surface area contributed by atoms with Crippen LogP contribution in [0.3, 0.4) is 0 Å². The van der Waals surface area contributed by atoms with Gasteiger partial charge in [-0.25, -0.2) is 4.68 Å². The molecule has 114 valence electrons. The van der Waals surface area contributed by atoms with Gasteiger partial charge in [0.1, 0.15) is 0 Å². The van der Waals surface area contributed by atoms with Crippen LogP contribution < -0.4 is 5.32 Å². The van der Waals surface area contributed by atoms with Gasteiger partial charge in [-0.05, 0) is 25.1 Å². The molecule has 0 aliphatic carbocycles. The first kappa shape index (κ1) is 15.5. The SMILES string of the molecule is CCCNC(CC(F)(F)F)c1cnnn1-c1ccccc1. The molecule has 7 heteroatoms. The standard InChI is InChI=1S/C14H17F3N4/c1-2-8-18-12(9-14(15,16)17)13-10-19-20-21(13)11-6-4-3-5-7-11/h3-7,10,12,18H,2,8-9H2,1H3. The summed E-state index contributed by atoms with van der Waals surface area (Å²) >= 11 is 0. The van der Waals surface area contributed by atoms with E-state index in [1.54, 1.807) is 24.3 Å². The number of hydrogen-bond donors (Lipinski definition) is 1. The van der Waals surface area contributed by atoms with Crippen molar-refractivity contribution in [1.29, 1.82) is 0 Å². The van der Waals surface area contributed by atoms with E-state index >= 15 is 0 Å². The predicted octanol–water partition coefficient (Wildman–Crippen LogP) is 3.26. The predicted molar refractivity (Wildman–Crippen MR) is 73.1 cm³/mol. The molecular weight excluding hydrogens is 281 g/mol. The number of nitrogens with one attached hydrogen (secondary N) is 1. The molecule has 1 aromatic heterocycles. The van der Waals surface area contributed by atoms with Gasteiger partial charge in [-0.3, -0.25) is 0 Å². The van der Waals surface area contributed by atoms with Crippen LogP contribution >= 0.6 is 0 Å². The lowest BCUT2D eigenvalue weighted by atomic mass is 10.1. The average Bonchev–Trinajstić information content (AvgIpc) is 2.92. The van der Waals surface area contributed by atoms with E-state index in [-0.39, 0.29) is 0 Å². The first-order valence-corrected chi connectivity index (χ1v) is 6.77. The van der Waals surface area contributed by atoms with E-state index < -0.39 is 18.6 Å². The highest BCUT2D eigenvalue weighted by Crippen LogP contribution is 2.30. The Morgan fingerprint density at radius 3 is 2.57 bits per heavy atom. The largest absolute Gasteiger partial charge is 0.390 e. The highest BCUT2D eigenvalue weighted by Gasteiger charge is 2.34. The zero-order valence-corrected chi connectivity index (χ0v) is 11.6. The third kappa shape index (κ3) is 4.29. The molecule has 0 aliphatic heterocycles. The molecule has 1 atom stereocenters. The van der Waals surface area contributed by atoms with Crippen molar-refractivity contribution in [1.82, 2.24) is 20.3 Å². The summed E-state index contributed by atoms with van der Waals surface area (Å²) in [7, 11) is 0. The van der Waals surface area contributed by atoms with Crippen LogP contribution in [0, 0.1) is 0 Å². The molecule has 0 bridgehead atoms. The maximum Gasteiger partial charge on any atom is 0.390 e. The van der Waals surface area contributed by atoms with Crippen LogP contribution in [-0.4, -0.2) is 27.7 Å². The summed E-state index contributed by atoms with van der Waals surface area (Å²) in [5.41, 5.74) is 1.10. The first-order valence-electron chi connectivity index (χ1n) is 6.77. The lowest BCUT2D eigenvalue weighted by Crippen LogP contribution is -2.29. The molecule has 1 aromatic carbocycles. The Kier molecular flexibility index (Phi) is 4.95. The van der Waals surface area contributed by atoms with Crippen LogP contribution in [0.15, 0.2) is 36.5 Å². The van der Waals surface area contributed by atoms with Crippen molar-refractivity contribution in [3.63, 3.8) is 0 Å². The monoisotopic (exact) mass is 298 g/mol. The number of hydrogen-bond acceptors (Lipinski definition) is 3. The van der Waals surface area contributed by atoms with Crippen molar-refractivity contribution >= 4 is 0 Å². The van der Waals surface area contributed by atoms with Gasteiger partial charge in [-0.2, -0.15) is 13.2 Å². The van der Waals surface area contributed by atoms with Gasteiger partial charge in [-0.1, -0.05) is 30.3 Å². The number of alkyl halides is 3. The fraction of sp³-hybridized carbons (Fsp3) is 0.429. The molecule has 0 fully saturated rings. The molecule has 0 spiro atoms. The summed E-state index contributed by atoms with van der Waals surface area (Å²) in [6, 6.07) is 8.14. The third-order valence-corrected chi connectivity index (χ3v) is 3.01. The molecule has 1 heterocycles. The van der Waals surface area contributed by atoms with E-state index in [0.29, 0.717) is 17.9 Å². The van der Waals surface area contributed by atoms with E-state index in [2.05, 4.69) is 15.6 Å². The third-order valence-electron chi connectivity index (χ3n) is 3.01. The highest BCUT2D eigenvalue weighted by atomic mass is 19.4. The number of rotatable bonds is 6. The van der Waals surface area contributed by atoms with Crippen molar-refractivity contribution in [3.05, 3.63) is 42.2 Å². The maximum absolute atomic E-state index is 12.8. The molecule has 0 amide bonds. The van der Waals surface area contributed by atoms with E-state index in [1.165, 1.54) is 10.9 Å². The average molecular weight is 298 g/mol. The molecule has 4 nitrogen and oxygen atoms in total. The lowest BCUT2D eigenvalue weighted by Gasteiger charge is -2.20. The number of nitrogens with zero attached hydrogens (tertiary/aromatic N) is 3. The van der Waals surface area contributed by atoms with Gasteiger partial charge in [0.2, 0.25) is 0 Å². The Bertz CT molecular complexity index is 551. The van der Waals surface area contributed by atoms with Crippen molar-refractivity contribution in [2.75, 3.05) is 6.54 Å². The summed E-state index contributed by atoms with van der Waals surface area (Å²) in [6.07, 6.45) is -3.07. The molecule has 1 N–H and O–H groups in total. The normalized spacial score (nSPS) is 13.3. The molecule has 0 saturated carbocycles. The van der Waals surface area contributed by atoms with E-state index in [1.807, 2.05) is 13.0 Å². The maximum atomic E-state index is 12.8. The van der Waals surface area contributed by atoms with Gasteiger partial charge in [0.05, 0.1) is 30.0 Å². The first-order chi connectivity index (χ1) is 10.0. The van der Waals surface area contributed by atoms with Crippen LogP contribution in [0.4, 0.5) is 13.2 Å². The smallest absolute Gasteiger partial charge is 0.308 e. The van der Waals surface area contributed by atoms with Gasteiger partial charge in [0, 0.05) is 0 Å². The summed E-state index contributed by atoms with van der Waals surface area (Å²) in [5.74, 6) is 0. The minimum Gasteiger partial charge on any atom is -0.308 e. The fourth-order valence-electron chi connectivity index (χ4n) is 2.08. The minimum atomic E-state index is -4.25. The molecule has 21 heavy (non-hydrogen) atoms. The summed E-state index contributed by atoms with van der Waals surface area (Å²) in [5, 5.41) is 10.6. The summed E-state index contributed by atoms with van der Waals surface area (Å²) in [6.45, 7) is 2.41. The Hall–Kier alpha value is -1.89. The van der Waals surface area contributed by atoms with Crippen molar-refractivity contribution in [3.8, 4) is 5.69 Å². The van der Waals surface area contributed by atoms with Gasteiger partial charge >= 0.3 is 6.18 Å². The topological polar surface area (TPSA) is 42.7 Å². The van der Waals surface area contributed by atoms with Gasteiger partial charge in [0.15, 0.2) is 0 Å². The van der Waals surface area contributed by atoms with Crippen molar-refractivity contribution < 1.29 is 13.2 Å². The number of aromatic nitrogens is 3. The van der Waals surface area contributed by atoms with Crippen LogP contribution in [-0.2, 0) is 0 Å². The van der Waals surface area contributed by atoms with Crippen LogP contribution in [0.1, 0.15) is 31.5 Å². The molecular formula is C14H17F3N4. The van der Waals surface area contributed by atoms with Crippen LogP contribution in [0.25, 0.3) is 5.69 Å². The second kappa shape index (κ2) is 6.71. The van der Waals surface area contributed by atoms with Gasteiger partial charge < -0.3 is 5.32 Å². The Labute approximate surface area is 121 Å². The minimum absolute atomic E-state index is 0.409. The fourth-order valence-corrected chi connectivity index (χ4v) is 2.08. The highest BCUT2D eigenvalue weighted by molar-refractivity contribution is 5.32. The Morgan fingerprint density at radius 1 is 1.24 bits per heavy atom. The zero-order valence-electron chi connectivity index (χ0n) is 11.6. The van der Waals surface area contributed by atoms with Gasteiger partial charge in [-0.15, -0.1) is 5.10 Å². The second-order valence-corrected chi connectivity index (χ2v) is 4.73. The van der Waals surface area contributed by atoms with E-state index in [0.717, 1.165) is 6.42 Å². The van der Waals surface area contributed by atoms with E-state index in [4.69, 9.17) is 0 Å².